The van der Waals surface area contributed by atoms with Crippen LogP contribution in [0.2, 0.25) is 0 Å². The van der Waals surface area contributed by atoms with E-state index in [1.165, 1.54) is 37.7 Å². The first-order chi connectivity index (χ1) is 8.31. The summed E-state index contributed by atoms with van der Waals surface area (Å²) in [4.78, 5) is 0. The number of thiol groups is 1. The summed E-state index contributed by atoms with van der Waals surface area (Å²) in [6, 6.07) is 8.57. The van der Waals surface area contributed by atoms with Gasteiger partial charge in [0, 0.05) is 0 Å². The molecule has 1 fully saturated rings. The lowest BCUT2D eigenvalue weighted by atomic mass is 9.84. The van der Waals surface area contributed by atoms with Gasteiger partial charge < -0.3 is 5.11 Å². The van der Waals surface area contributed by atoms with E-state index in [0.717, 1.165) is 23.7 Å². The number of aliphatic hydroxyl groups excluding tert-OH is 1. The van der Waals surface area contributed by atoms with Gasteiger partial charge in [-0.05, 0) is 42.1 Å². The van der Waals surface area contributed by atoms with Crippen molar-refractivity contribution >= 4 is 12.6 Å². The van der Waals surface area contributed by atoms with Gasteiger partial charge in [0.1, 0.15) is 0 Å². The third kappa shape index (κ3) is 3.49. The molecule has 1 nitrogen and oxygen atoms in total. The van der Waals surface area contributed by atoms with Gasteiger partial charge in [-0.2, -0.15) is 12.6 Å². The molecule has 0 aromatic heterocycles. The Bertz CT molecular complexity index is 327. The van der Waals surface area contributed by atoms with Crippen molar-refractivity contribution < 1.29 is 5.11 Å². The average molecular weight is 250 g/mol. The van der Waals surface area contributed by atoms with Crippen molar-refractivity contribution in [3.63, 3.8) is 0 Å². The van der Waals surface area contributed by atoms with Gasteiger partial charge in [0.2, 0.25) is 0 Å². The third-order valence-corrected chi connectivity index (χ3v) is 4.06. The quantitative estimate of drug-likeness (QED) is 0.771. The molecule has 1 aliphatic carbocycles. The highest BCUT2D eigenvalue weighted by atomic mass is 32.1. The van der Waals surface area contributed by atoms with Crippen molar-refractivity contribution in [2.24, 2.45) is 0 Å². The summed E-state index contributed by atoms with van der Waals surface area (Å²) >= 11 is 4.15. The Labute approximate surface area is 110 Å². The largest absolute Gasteiger partial charge is 0.388 e. The van der Waals surface area contributed by atoms with E-state index in [1.54, 1.807) is 0 Å². The van der Waals surface area contributed by atoms with E-state index < -0.39 is 0 Å². The Morgan fingerprint density at radius 3 is 2.35 bits per heavy atom. The molecule has 17 heavy (non-hydrogen) atoms. The third-order valence-electron chi connectivity index (χ3n) is 3.80. The van der Waals surface area contributed by atoms with E-state index in [4.69, 9.17) is 0 Å². The fourth-order valence-electron chi connectivity index (χ4n) is 2.72. The van der Waals surface area contributed by atoms with Gasteiger partial charge in [0.05, 0.1) is 6.10 Å². The molecule has 1 saturated carbocycles. The summed E-state index contributed by atoms with van der Waals surface area (Å²) in [5, 5.41) is 9.87. The first-order valence-corrected chi connectivity index (χ1v) is 7.33. The molecule has 0 spiro atoms. The number of hydrogen-bond acceptors (Lipinski definition) is 2. The van der Waals surface area contributed by atoms with Gasteiger partial charge in [-0.1, -0.05) is 43.5 Å². The highest BCUT2D eigenvalue weighted by molar-refractivity contribution is 7.80. The maximum Gasteiger partial charge on any atom is 0.0797 e. The zero-order valence-corrected chi connectivity index (χ0v) is 11.2. The molecule has 1 aromatic carbocycles. The van der Waals surface area contributed by atoms with Crippen LogP contribution >= 0.6 is 12.6 Å². The van der Waals surface area contributed by atoms with Crippen LogP contribution in [0.3, 0.4) is 0 Å². The van der Waals surface area contributed by atoms with Gasteiger partial charge in [-0.15, -0.1) is 0 Å². The molecule has 1 unspecified atom stereocenters. The second-order valence-corrected chi connectivity index (χ2v) is 5.48. The molecule has 0 radical (unpaired) electrons. The van der Waals surface area contributed by atoms with E-state index in [-0.39, 0.29) is 6.10 Å². The average Bonchev–Trinajstić information content (AvgIpc) is 2.40. The minimum Gasteiger partial charge on any atom is -0.388 e. The summed E-state index contributed by atoms with van der Waals surface area (Å²) in [7, 11) is 0. The van der Waals surface area contributed by atoms with Gasteiger partial charge in [0.25, 0.3) is 0 Å². The van der Waals surface area contributed by atoms with Crippen LogP contribution in [0, 0.1) is 0 Å². The number of hydrogen-bond donors (Lipinski definition) is 2. The van der Waals surface area contributed by atoms with Crippen molar-refractivity contribution in [3.8, 4) is 0 Å². The predicted molar refractivity (Wildman–Crippen MR) is 75.7 cm³/mol. The molecule has 0 aliphatic heterocycles. The Kier molecular flexibility index (Phi) is 4.93. The second-order valence-electron chi connectivity index (χ2n) is 5.03. The molecule has 0 bridgehead atoms. The Hall–Kier alpha value is -0.470. The molecule has 0 heterocycles. The van der Waals surface area contributed by atoms with Crippen LogP contribution in [0.5, 0.6) is 0 Å². The van der Waals surface area contributed by atoms with Crippen LogP contribution < -0.4 is 0 Å². The van der Waals surface area contributed by atoms with Gasteiger partial charge in [-0.25, -0.2) is 0 Å². The van der Waals surface area contributed by atoms with Crippen molar-refractivity contribution in [2.75, 3.05) is 5.75 Å². The van der Waals surface area contributed by atoms with Crippen LogP contribution in [0.25, 0.3) is 0 Å². The molecule has 0 saturated heterocycles. The van der Waals surface area contributed by atoms with Crippen molar-refractivity contribution in [1.82, 2.24) is 0 Å². The molecule has 1 aliphatic rings. The summed E-state index contributed by atoms with van der Waals surface area (Å²) in [5.74, 6) is 1.48. The smallest absolute Gasteiger partial charge is 0.0797 e. The second kappa shape index (κ2) is 6.46. The van der Waals surface area contributed by atoms with Crippen molar-refractivity contribution in [1.29, 1.82) is 0 Å². The fourth-order valence-corrected chi connectivity index (χ4v) is 2.96. The zero-order chi connectivity index (χ0) is 12.1. The molecule has 1 N–H and O–H groups in total. The molecular weight excluding hydrogens is 228 g/mol. The predicted octanol–water partition coefficient (Wildman–Crippen LogP) is 4.09. The monoisotopic (exact) mass is 250 g/mol. The fraction of sp³-hybridized carbons (Fsp3) is 0.600. The topological polar surface area (TPSA) is 20.2 Å². The summed E-state index contributed by atoms with van der Waals surface area (Å²) in [5.41, 5.74) is 2.48. The summed E-state index contributed by atoms with van der Waals surface area (Å²) in [6.45, 7) is 0. The van der Waals surface area contributed by atoms with E-state index in [0.29, 0.717) is 0 Å². The lowest BCUT2D eigenvalue weighted by Crippen LogP contribution is -2.05. The van der Waals surface area contributed by atoms with Crippen molar-refractivity contribution in [3.05, 3.63) is 35.4 Å². The lowest BCUT2D eigenvalue weighted by Gasteiger charge is -2.22. The lowest BCUT2D eigenvalue weighted by molar-refractivity contribution is 0.175. The maximum atomic E-state index is 9.87. The molecule has 1 atom stereocenters. The van der Waals surface area contributed by atoms with Gasteiger partial charge in [0.15, 0.2) is 0 Å². The SMILES string of the molecule is OC(CCS)c1ccc(C2CCCCC2)cc1. The Balaban J connectivity index is 2.01. The van der Waals surface area contributed by atoms with Crippen LogP contribution in [-0.4, -0.2) is 10.9 Å². The first kappa shape index (κ1) is 13.0. The van der Waals surface area contributed by atoms with Gasteiger partial charge >= 0.3 is 0 Å². The van der Waals surface area contributed by atoms with Crippen molar-refractivity contribution in [2.45, 2.75) is 50.5 Å². The van der Waals surface area contributed by atoms with Gasteiger partial charge in [-0.3, -0.25) is 0 Å². The number of rotatable bonds is 4. The molecule has 0 amide bonds. The van der Waals surface area contributed by atoms with E-state index >= 15 is 0 Å². The maximum absolute atomic E-state index is 9.87. The minimum absolute atomic E-state index is 0.354. The number of aliphatic hydroxyl groups is 1. The van der Waals surface area contributed by atoms with Crippen LogP contribution in [-0.2, 0) is 0 Å². The highest BCUT2D eigenvalue weighted by Gasteiger charge is 2.15. The highest BCUT2D eigenvalue weighted by Crippen LogP contribution is 2.33. The Morgan fingerprint density at radius 1 is 1.12 bits per heavy atom. The van der Waals surface area contributed by atoms with E-state index in [1.807, 2.05) is 0 Å². The molecule has 2 rings (SSSR count). The minimum atomic E-state index is -0.354. The standard InChI is InChI=1S/C15H22OS/c16-15(10-11-17)14-8-6-13(7-9-14)12-4-2-1-3-5-12/h6-9,12,15-17H,1-5,10-11H2. The van der Waals surface area contributed by atoms with Crippen LogP contribution in [0.15, 0.2) is 24.3 Å². The van der Waals surface area contributed by atoms with Crippen LogP contribution in [0.4, 0.5) is 0 Å². The van der Waals surface area contributed by atoms with E-state index in [9.17, 15) is 5.11 Å². The number of benzene rings is 1. The normalized spacial score (nSPS) is 19.2. The summed E-state index contributed by atoms with van der Waals surface area (Å²) in [6.07, 6.45) is 7.18. The molecule has 1 aromatic rings. The molecular formula is C15H22OS. The molecule has 2 heteroatoms. The summed E-state index contributed by atoms with van der Waals surface area (Å²) < 4.78 is 0. The Morgan fingerprint density at radius 2 is 1.76 bits per heavy atom. The first-order valence-electron chi connectivity index (χ1n) is 6.70. The zero-order valence-electron chi connectivity index (χ0n) is 10.3. The molecule has 94 valence electrons. The van der Waals surface area contributed by atoms with E-state index in [2.05, 4.69) is 36.9 Å². The van der Waals surface area contributed by atoms with Crippen LogP contribution in [0.1, 0.15) is 61.7 Å².